The second-order valence-corrected chi connectivity index (χ2v) is 7.22. The second kappa shape index (κ2) is 11.3. The Morgan fingerprint density at radius 1 is 1.16 bits per heavy atom. The number of carbonyl (C=O) groups is 2. The topological polar surface area (TPSA) is 114 Å². The van der Waals surface area contributed by atoms with Gasteiger partial charge in [0.15, 0.2) is 18.1 Å². The van der Waals surface area contributed by atoms with E-state index in [4.69, 9.17) is 20.9 Å². The van der Waals surface area contributed by atoms with Crippen LogP contribution in [0.1, 0.15) is 16.9 Å². The Morgan fingerprint density at radius 2 is 1.94 bits per heavy atom. The third-order valence-electron chi connectivity index (χ3n) is 4.36. The van der Waals surface area contributed by atoms with Gasteiger partial charge in [0, 0.05) is 30.8 Å². The lowest BCUT2D eigenvalue weighted by Gasteiger charge is -2.12. The summed E-state index contributed by atoms with van der Waals surface area (Å²) < 4.78 is 23.7. The van der Waals surface area contributed by atoms with Crippen LogP contribution in [0.5, 0.6) is 5.75 Å². The Kier molecular flexibility index (Phi) is 8.18. The van der Waals surface area contributed by atoms with Gasteiger partial charge in [0.2, 0.25) is 0 Å². The summed E-state index contributed by atoms with van der Waals surface area (Å²) in [6.45, 7) is -0.209. The van der Waals surface area contributed by atoms with Crippen LogP contribution in [0, 0.1) is 5.82 Å². The van der Waals surface area contributed by atoms with Gasteiger partial charge >= 0.3 is 0 Å². The minimum Gasteiger partial charge on any atom is -0.484 e. The smallest absolute Gasteiger partial charge is 0.273 e. The summed E-state index contributed by atoms with van der Waals surface area (Å²) in [7, 11) is 0. The molecule has 0 fully saturated rings. The van der Waals surface area contributed by atoms with E-state index in [1.165, 1.54) is 18.2 Å². The van der Waals surface area contributed by atoms with Gasteiger partial charge in [-0.05, 0) is 18.6 Å². The quantitative estimate of drug-likeness (QED) is 0.428. The first-order valence-corrected chi connectivity index (χ1v) is 10.1. The maximum absolute atomic E-state index is 13.3. The van der Waals surface area contributed by atoms with Gasteiger partial charge in [0.1, 0.15) is 11.6 Å². The van der Waals surface area contributed by atoms with Gasteiger partial charge < -0.3 is 25.0 Å². The van der Waals surface area contributed by atoms with Crippen LogP contribution in [-0.2, 0) is 4.79 Å². The lowest BCUT2D eigenvalue weighted by Crippen LogP contribution is -2.37. The van der Waals surface area contributed by atoms with E-state index in [0.29, 0.717) is 5.76 Å². The molecule has 10 heteroatoms. The van der Waals surface area contributed by atoms with E-state index >= 15 is 0 Å². The molecule has 0 unspecified atom stereocenters. The molecule has 1 atom stereocenters. The SMILES string of the molecule is O=C(COc1ccc(Cl)c(F)c1)NC[C@@H](O)CCNC(=O)c1cc(-c2ccccc2)on1. The largest absolute Gasteiger partial charge is 0.484 e. The fourth-order valence-electron chi connectivity index (χ4n) is 2.66. The van der Waals surface area contributed by atoms with E-state index in [2.05, 4.69) is 15.8 Å². The molecule has 0 saturated heterocycles. The van der Waals surface area contributed by atoms with Gasteiger partial charge in [-0.2, -0.15) is 0 Å². The van der Waals surface area contributed by atoms with Crippen LogP contribution in [0.15, 0.2) is 59.1 Å². The normalized spacial score (nSPS) is 11.6. The predicted molar refractivity (Wildman–Crippen MR) is 115 cm³/mol. The molecule has 0 aliphatic carbocycles. The zero-order valence-corrected chi connectivity index (χ0v) is 17.6. The number of nitrogens with one attached hydrogen (secondary N) is 2. The molecule has 0 spiro atoms. The lowest BCUT2D eigenvalue weighted by molar-refractivity contribution is -0.123. The summed E-state index contributed by atoms with van der Waals surface area (Å²) in [4.78, 5) is 24.0. The number of aromatic nitrogens is 1. The Balaban J connectivity index is 1.33. The summed E-state index contributed by atoms with van der Waals surface area (Å²) in [5.74, 6) is -0.935. The van der Waals surface area contributed by atoms with Crippen molar-refractivity contribution in [1.82, 2.24) is 15.8 Å². The molecule has 2 amide bonds. The van der Waals surface area contributed by atoms with Crippen molar-refractivity contribution >= 4 is 23.4 Å². The number of ether oxygens (including phenoxy) is 1. The van der Waals surface area contributed by atoms with Crippen LogP contribution in [-0.4, -0.2) is 47.9 Å². The molecule has 1 heterocycles. The minimum atomic E-state index is -0.885. The maximum atomic E-state index is 13.3. The number of hydrogen-bond acceptors (Lipinski definition) is 6. The Bertz CT molecular complexity index is 1060. The van der Waals surface area contributed by atoms with Gasteiger partial charge in [0.25, 0.3) is 11.8 Å². The Morgan fingerprint density at radius 3 is 2.69 bits per heavy atom. The van der Waals surface area contributed by atoms with Crippen molar-refractivity contribution in [1.29, 1.82) is 0 Å². The second-order valence-electron chi connectivity index (χ2n) is 6.81. The summed E-state index contributed by atoms with van der Waals surface area (Å²) in [5.41, 5.74) is 0.929. The molecule has 3 rings (SSSR count). The third kappa shape index (κ3) is 6.79. The first-order chi connectivity index (χ1) is 15.4. The molecular formula is C22H21ClFN3O5. The average molecular weight is 462 g/mol. The molecule has 0 bridgehead atoms. The number of carbonyl (C=O) groups excluding carboxylic acids is 2. The van der Waals surface area contributed by atoms with Crippen LogP contribution >= 0.6 is 11.6 Å². The van der Waals surface area contributed by atoms with Crippen LogP contribution < -0.4 is 15.4 Å². The monoisotopic (exact) mass is 461 g/mol. The van der Waals surface area contributed by atoms with Crippen LogP contribution in [0.3, 0.4) is 0 Å². The zero-order valence-electron chi connectivity index (χ0n) is 16.9. The summed E-state index contributed by atoms with van der Waals surface area (Å²) in [6.07, 6.45) is -0.678. The summed E-state index contributed by atoms with van der Waals surface area (Å²) in [5, 5.41) is 18.8. The van der Waals surface area contributed by atoms with E-state index in [1.807, 2.05) is 30.3 Å². The van der Waals surface area contributed by atoms with Crippen molar-refractivity contribution in [2.24, 2.45) is 0 Å². The van der Waals surface area contributed by atoms with Crippen molar-refractivity contribution < 1.29 is 28.3 Å². The van der Waals surface area contributed by atoms with Crippen molar-refractivity contribution in [2.45, 2.75) is 12.5 Å². The molecule has 32 heavy (non-hydrogen) atoms. The highest BCUT2D eigenvalue weighted by molar-refractivity contribution is 6.30. The predicted octanol–water partition coefficient (Wildman–Crippen LogP) is 2.81. The van der Waals surface area contributed by atoms with Gasteiger partial charge in [0.05, 0.1) is 11.1 Å². The van der Waals surface area contributed by atoms with E-state index in [0.717, 1.165) is 11.6 Å². The number of benzene rings is 2. The zero-order chi connectivity index (χ0) is 22.9. The molecule has 3 aromatic rings. The van der Waals surface area contributed by atoms with Crippen LogP contribution in [0.25, 0.3) is 11.3 Å². The number of amides is 2. The Hall–Kier alpha value is -3.43. The van der Waals surface area contributed by atoms with Crippen LogP contribution in [0.4, 0.5) is 4.39 Å². The van der Waals surface area contributed by atoms with Crippen molar-refractivity contribution in [3.05, 3.63) is 71.1 Å². The molecule has 0 radical (unpaired) electrons. The van der Waals surface area contributed by atoms with Crippen molar-refractivity contribution in [2.75, 3.05) is 19.7 Å². The highest BCUT2D eigenvalue weighted by Gasteiger charge is 2.14. The highest BCUT2D eigenvalue weighted by Crippen LogP contribution is 2.20. The first kappa shape index (κ1) is 23.2. The van der Waals surface area contributed by atoms with Gasteiger partial charge in [-0.3, -0.25) is 9.59 Å². The molecular weight excluding hydrogens is 441 g/mol. The number of rotatable bonds is 10. The molecule has 0 saturated carbocycles. The van der Waals surface area contributed by atoms with E-state index < -0.39 is 23.7 Å². The number of hydrogen-bond donors (Lipinski definition) is 3. The van der Waals surface area contributed by atoms with E-state index in [-0.39, 0.29) is 42.6 Å². The molecule has 1 aromatic heterocycles. The number of aliphatic hydroxyl groups excluding tert-OH is 1. The molecule has 0 aliphatic heterocycles. The first-order valence-electron chi connectivity index (χ1n) is 9.75. The molecule has 168 valence electrons. The van der Waals surface area contributed by atoms with E-state index in [1.54, 1.807) is 0 Å². The number of nitrogens with zero attached hydrogens (tertiary/aromatic N) is 1. The molecule has 3 N–H and O–H groups in total. The fraction of sp³-hybridized carbons (Fsp3) is 0.227. The number of aliphatic hydroxyl groups is 1. The van der Waals surface area contributed by atoms with Crippen LogP contribution in [0.2, 0.25) is 5.02 Å². The summed E-state index contributed by atoms with van der Waals surface area (Å²) >= 11 is 5.58. The molecule has 0 aliphatic rings. The lowest BCUT2D eigenvalue weighted by atomic mass is 10.1. The third-order valence-corrected chi connectivity index (χ3v) is 4.67. The van der Waals surface area contributed by atoms with Gasteiger partial charge in [-0.15, -0.1) is 0 Å². The minimum absolute atomic E-state index is 0.0326. The Labute approximate surface area is 188 Å². The summed E-state index contributed by atoms with van der Waals surface area (Å²) in [6, 6.07) is 14.6. The maximum Gasteiger partial charge on any atom is 0.273 e. The highest BCUT2D eigenvalue weighted by atomic mass is 35.5. The van der Waals surface area contributed by atoms with Gasteiger partial charge in [-0.25, -0.2) is 4.39 Å². The van der Waals surface area contributed by atoms with Crippen molar-refractivity contribution in [3.8, 4) is 17.1 Å². The van der Waals surface area contributed by atoms with E-state index in [9.17, 15) is 19.1 Å². The standard InChI is InChI=1S/C22H21ClFN3O5/c23-17-7-6-16(10-18(17)24)31-13-21(29)26-12-15(28)8-9-25-22(30)19-11-20(32-27-19)14-4-2-1-3-5-14/h1-7,10-11,15,28H,8-9,12-13H2,(H,25,30)(H,26,29)/t15-/m0/s1. The molecule has 8 nitrogen and oxygen atoms in total. The average Bonchev–Trinajstić information content (AvgIpc) is 3.29. The fourth-order valence-corrected chi connectivity index (χ4v) is 2.78. The molecule has 2 aromatic carbocycles. The number of halogens is 2. The van der Waals surface area contributed by atoms with Gasteiger partial charge in [-0.1, -0.05) is 47.1 Å². The van der Waals surface area contributed by atoms with Crippen molar-refractivity contribution in [3.63, 3.8) is 0 Å².